The van der Waals surface area contributed by atoms with Crippen LogP contribution in [0, 0.1) is 0 Å². The van der Waals surface area contributed by atoms with Gasteiger partial charge in [0.15, 0.2) is 16.9 Å². The van der Waals surface area contributed by atoms with Crippen molar-refractivity contribution in [2.75, 3.05) is 7.11 Å². The van der Waals surface area contributed by atoms with Gasteiger partial charge in [0.05, 0.1) is 25.4 Å². The van der Waals surface area contributed by atoms with Crippen LogP contribution in [0.3, 0.4) is 0 Å². The highest BCUT2D eigenvalue weighted by Gasteiger charge is 2.22. The maximum absolute atomic E-state index is 13.1. The summed E-state index contributed by atoms with van der Waals surface area (Å²) in [6.07, 6.45) is 3.49. The number of fused-ring (bicyclic) bond motifs is 1. The molecule has 0 fully saturated rings. The molecule has 0 amide bonds. The fraction of sp³-hybridized carbons (Fsp3) is 0.370. The molecule has 0 radical (unpaired) electrons. The summed E-state index contributed by atoms with van der Waals surface area (Å²) in [7, 11) is 1.53. The van der Waals surface area contributed by atoms with Gasteiger partial charge in [0.2, 0.25) is 5.75 Å². The molecule has 176 valence electrons. The zero-order valence-electron chi connectivity index (χ0n) is 20.3. The highest BCUT2D eigenvalue weighted by molar-refractivity contribution is 5.89. The van der Waals surface area contributed by atoms with Crippen molar-refractivity contribution in [1.29, 1.82) is 0 Å². The van der Waals surface area contributed by atoms with Crippen LogP contribution in [0.25, 0.3) is 23.1 Å². The average Bonchev–Trinajstić information content (AvgIpc) is 2.71. The van der Waals surface area contributed by atoms with E-state index in [0.29, 0.717) is 34.0 Å². The molecule has 0 spiro atoms. The second-order valence-electron chi connectivity index (χ2n) is 8.53. The van der Waals surface area contributed by atoms with Gasteiger partial charge in [0, 0.05) is 12.1 Å². The van der Waals surface area contributed by atoms with Crippen molar-refractivity contribution in [1.82, 2.24) is 0 Å². The molecule has 3 aromatic rings. The quantitative estimate of drug-likeness (QED) is 0.378. The minimum absolute atomic E-state index is 0.0966. The molecule has 0 saturated heterocycles. The Labute approximate surface area is 194 Å². The number of benzene rings is 2. The van der Waals surface area contributed by atoms with Gasteiger partial charge in [-0.25, -0.2) is 0 Å². The van der Waals surface area contributed by atoms with Crippen LogP contribution in [0.4, 0.5) is 0 Å². The van der Waals surface area contributed by atoms with E-state index in [1.165, 1.54) is 13.2 Å². The number of hydrogen-bond acceptors (Lipinski definition) is 6. The van der Waals surface area contributed by atoms with Gasteiger partial charge < -0.3 is 23.4 Å². The molecule has 0 N–H and O–H groups in total. The third-order valence-electron chi connectivity index (χ3n) is 4.53. The van der Waals surface area contributed by atoms with Gasteiger partial charge in [-0.1, -0.05) is 18.2 Å². The summed E-state index contributed by atoms with van der Waals surface area (Å²) >= 11 is 0. The monoisotopic (exact) mass is 452 g/mol. The topological polar surface area (TPSA) is 67.1 Å². The Balaban J connectivity index is 2.05. The molecule has 0 aliphatic heterocycles. The lowest BCUT2D eigenvalue weighted by Gasteiger charge is -2.19. The Morgan fingerprint density at radius 3 is 2.00 bits per heavy atom. The summed E-state index contributed by atoms with van der Waals surface area (Å²) in [5.41, 5.74) is 1.10. The molecule has 6 heteroatoms. The number of hydrogen-bond donors (Lipinski definition) is 0. The SMILES string of the molecule is COc1c(OC(C)C)cc2oc(C=Cc3ccc(OC(C)C)cc3)cc(=O)c2c1OC(C)C. The fourth-order valence-corrected chi connectivity index (χ4v) is 3.34. The lowest BCUT2D eigenvalue weighted by molar-refractivity contribution is 0.210. The van der Waals surface area contributed by atoms with E-state index >= 15 is 0 Å². The molecule has 0 bridgehead atoms. The molecule has 0 atom stereocenters. The van der Waals surface area contributed by atoms with E-state index in [4.69, 9.17) is 23.4 Å². The standard InChI is InChI=1S/C27H32O6/c1-16(2)30-20-11-8-19(9-12-20)10-13-21-14-22(28)25-23(33-21)15-24(31-17(3)4)26(29-7)27(25)32-18(5)6/h8-18H,1-7H3. The molecular weight excluding hydrogens is 420 g/mol. The Morgan fingerprint density at radius 2 is 1.42 bits per heavy atom. The van der Waals surface area contributed by atoms with Gasteiger partial charge in [0.25, 0.3) is 0 Å². The summed E-state index contributed by atoms with van der Waals surface area (Å²) in [6, 6.07) is 10.8. The van der Waals surface area contributed by atoms with E-state index in [1.807, 2.05) is 71.9 Å². The van der Waals surface area contributed by atoms with Crippen LogP contribution in [-0.4, -0.2) is 25.4 Å². The summed E-state index contributed by atoms with van der Waals surface area (Å²) in [6.45, 7) is 11.6. The molecule has 0 aliphatic carbocycles. The van der Waals surface area contributed by atoms with Crippen LogP contribution < -0.4 is 24.4 Å². The highest BCUT2D eigenvalue weighted by Crippen LogP contribution is 2.43. The summed E-state index contributed by atoms with van der Waals surface area (Å²) in [5, 5.41) is 0.323. The minimum Gasteiger partial charge on any atom is -0.491 e. The highest BCUT2D eigenvalue weighted by atomic mass is 16.5. The molecule has 1 heterocycles. The van der Waals surface area contributed by atoms with Gasteiger partial charge >= 0.3 is 0 Å². The van der Waals surface area contributed by atoms with Gasteiger partial charge in [-0.2, -0.15) is 0 Å². The largest absolute Gasteiger partial charge is 0.491 e. The van der Waals surface area contributed by atoms with Gasteiger partial charge in [0.1, 0.15) is 22.5 Å². The molecule has 0 saturated carbocycles. The van der Waals surface area contributed by atoms with Crippen molar-refractivity contribution in [3.63, 3.8) is 0 Å². The molecule has 0 unspecified atom stereocenters. The molecular formula is C27H32O6. The maximum atomic E-state index is 13.1. The molecule has 33 heavy (non-hydrogen) atoms. The Hall–Kier alpha value is -3.41. The van der Waals surface area contributed by atoms with Gasteiger partial charge in [-0.3, -0.25) is 4.79 Å². The second-order valence-corrected chi connectivity index (χ2v) is 8.53. The third kappa shape index (κ3) is 6.09. The van der Waals surface area contributed by atoms with Crippen LogP contribution in [0.2, 0.25) is 0 Å². The maximum Gasteiger partial charge on any atom is 0.204 e. The number of methoxy groups -OCH3 is 1. The fourth-order valence-electron chi connectivity index (χ4n) is 3.34. The van der Waals surface area contributed by atoms with Crippen molar-refractivity contribution >= 4 is 23.1 Å². The average molecular weight is 453 g/mol. The first kappa shape index (κ1) is 24.2. The second kappa shape index (κ2) is 10.5. The minimum atomic E-state index is -0.221. The van der Waals surface area contributed by atoms with Crippen LogP contribution in [0.1, 0.15) is 52.9 Å². The number of ether oxygens (including phenoxy) is 4. The predicted octanol–water partition coefficient (Wildman–Crippen LogP) is 6.33. The third-order valence-corrected chi connectivity index (χ3v) is 4.53. The summed E-state index contributed by atoms with van der Waals surface area (Å²) in [5.74, 6) is 2.39. The zero-order valence-corrected chi connectivity index (χ0v) is 20.3. The zero-order chi connectivity index (χ0) is 24.1. The lowest BCUT2D eigenvalue weighted by Crippen LogP contribution is -2.13. The van der Waals surface area contributed by atoms with Crippen molar-refractivity contribution in [2.45, 2.75) is 59.9 Å². The Kier molecular flexibility index (Phi) is 7.69. The van der Waals surface area contributed by atoms with Crippen molar-refractivity contribution in [3.05, 3.63) is 57.9 Å². The molecule has 1 aromatic heterocycles. The van der Waals surface area contributed by atoms with Gasteiger partial charge in [-0.15, -0.1) is 0 Å². The van der Waals surface area contributed by atoms with Crippen LogP contribution in [0.15, 0.2) is 45.6 Å². The molecule has 3 rings (SSSR count). The van der Waals surface area contributed by atoms with E-state index in [-0.39, 0.29) is 23.7 Å². The Bertz CT molecular complexity index is 1170. The molecule has 6 nitrogen and oxygen atoms in total. The molecule has 2 aromatic carbocycles. The van der Waals surface area contributed by atoms with Crippen molar-refractivity contribution in [2.24, 2.45) is 0 Å². The normalized spacial score (nSPS) is 11.7. The van der Waals surface area contributed by atoms with Crippen LogP contribution >= 0.6 is 0 Å². The van der Waals surface area contributed by atoms with Crippen molar-refractivity contribution in [3.8, 4) is 23.0 Å². The summed E-state index contributed by atoms with van der Waals surface area (Å²) < 4.78 is 29.2. The summed E-state index contributed by atoms with van der Waals surface area (Å²) in [4.78, 5) is 13.1. The van der Waals surface area contributed by atoms with Crippen molar-refractivity contribution < 1.29 is 23.4 Å². The van der Waals surface area contributed by atoms with Crippen LogP contribution in [-0.2, 0) is 0 Å². The number of rotatable bonds is 9. The predicted molar refractivity (Wildman–Crippen MR) is 132 cm³/mol. The van der Waals surface area contributed by atoms with E-state index in [1.54, 1.807) is 12.1 Å². The molecule has 0 aliphatic rings. The first-order valence-electron chi connectivity index (χ1n) is 11.1. The lowest BCUT2D eigenvalue weighted by atomic mass is 10.1. The smallest absolute Gasteiger partial charge is 0.204 e. The van der Waals surface area contributed by atoms with Gasteiger partial charge in [-0.05, 0) is 65.3 Å². The van der Waals surface area contributed by atoms with E-state index < -0.39 is 0 Å². The van der Waals surface area contributed by atoms with E-state index in [2.05, 4.69) is 0 Å². The van der Waals surface area contributed by atoms with E-state index in [0.717, 1.165) is 11.3 Å². The van der Waals surface area contributed by atoms with Crippen LogP contribution in [0.5, 0.6) is 23.0 Å². The first-order valence-corrected chi connectivity index (χ1v) is 11.1. The Morgan fingerprint density at radius 1 is 0.788 bits per heavy atom. The first-order chi connectivity index (χ1) is 15.7. The van der Waals surface area contributed by atoms with E-state index in [9.17, 15) is 4.79 Å².